The Kier molecular flexibility index (Phi) is 3.53. The smallest absolute Gasteiger partial charge is 0.129 e. The zero-order valence-electron chi connectivity index (χ0n) is 11.4. The summed E-state index contributed by atoms with van der Waals surface area (Å²) in [5, 5.41) is 3.21. The summed E-state index contributed by atoms with van der Waals surface area (Å²) in [7, 11) is 1.85. The minimum absolute atomic E-state index is 0.0521. The predicted molar refractivity (Wildman–Crippen MR) is 75.8 cm³/mol. The molecule has 0 saturated heterocycles. The first-order valence-electron chi connectivity index (χ1n) is 6.88. The second-order valence-corrected chi connectivity index (χ2v) is 5.31. The van der Waals surface area contributed by atoms with Crippen molar-refractivity contribution in [1.82, 2.24) is 5.32 Å². The van der Waals surface area contributed by atoms with Crippen LogP contribution in [0.3, 0.4) is 0 Å². The van der Waals surface area contributed by atoms with Crippen molar-refractivity contribution < 1.29 is 8.78 Å². The maximum absolute atomic E-state index is 13.8. The van der Waals surface area contributed by atoms with E-state index in [1.165, 1.54) is 29.3 Å². The zero-order chi connectivity index (χ0) is 14.1. The Bertz CT molecular complexity index is 604. The molecule has 2 atom stereocenters. The van der Waals surface area contributed by atoms with Crippen LogP contribution < -0.4 is 5.32 Å². The van der Waals surface area contributed by atoms with Gasteiger partial charge < -0.3 is 5.32 Å². The fourth-order valence-electron chi connectivity index (χ4n) is 3.05. The maximum Gasteiger partial charge on any atom is 0.129 e. The van der Waals surface area contributed by atoms with Gasteiger partial charge >= 0.3 is 0 Å². The molecule has 2 unspecified atom stereocenters. The SMILES string of the molecule is CNC(Cc1c(F)cccc1F)C1Cc2ccccc21. The maximum atomic E-state index is 13.8. The Labute approximate surface area is 117 Å². The molecule has 1 nitrogen and oxygen atoms in total. The van der Waals surface area contributed by atoms with Crippen molar-refractivity contribution >= 4 is 0 Å². The van der Waals surface area contributed by atoms with Crippen LogP contribution in [-0.4, -0.2) is 13.1 Å². The van der Waals surface area contributed by atoms with Crippen molar-refractivity contribution in [2.45, 2.75) is 24.8 Å². The number of halogens is 2. The summed E-state index contributed by atoms with van der Waals surface area (Å²) in [5.41, 5.74) is 2.81. The summed E-state index contributed by atoms with van der Waals surface area (Å²) in [6.45, 7) is 0. The van der Waals surface area contributed by atoms with Crippen LogP contribution in [0.2, 0.25) is 0 Å². The molecule has 0 aromatic heterocycles. The van der Waals surface area contributed by atoms with E-state index in [1.807, 2.05) is 19.2 Å². The minimum Gasteiger partial charge on any atom is -0.316 e. The molecule has 1 aliphatic carbocycles. The Balaban J connectivity index is 1.83. The molecule has 0 aliphatic heterocycles. The molecule has 1 N–H and O–H groups in total. The fourth-order valence-corrected chi connectivity index (χ4v) is 3.05. The highest BCUT2D eigenvalue weighted by atomic mass is 19.1. The van der Waals surface area contributed by atoms with Crippen molar-refractivity contribution in [3.05, 3.63) is 70.8 Å². The number of hydrogen-bond acceptors (Lipinski definition) is 1. The molecule has 0 fully saturated rings. The first-order chi connectivity index (χ1) is 9.70. The largest absolute Gasteiger partial charge is 0.316 e. The fraction of sp³-hybridized carbons (Fsp3) is 0.294. The van der Waals surface area contributed by atoms with Gasteiger partial charge in [0.05, 0.1) is 0 Å². The highest BCUT2D eigenvalue weighted by Gasteiger charge is 2.32. The summed E-state index contributed by atoms with van der Waals surface area (Å²) in [6, 6.07) is 12.4. The van der Waals surface area contributed by atoms with E-state index in [9.17, 15) is 8.78 Å². The van der Waals surface area contributed by atoms with Crippen molar-refractivity contribution in [3.8, 4) is 0 Å². The molecule has 2 aromatic carbocycles. The Morgan fingerprint density at radius 2 is 1.80 bits per heavy atom. The van der Waals surface area contributed by atoms with Gasteiger partial charge in [-0.2, -0.15) is 0 Å². The van der Waals surface area contributed by atoms with Gasteiger partial charge in [-0.05, 0) is 43.1 Å². The van der Waals surface area contributed by atoms with Gasteiger partial charge in [0, 0.05) is 17.5 Å². The third-order valence-corrected chi connectivity index (χ3v) is 4.24. The molecule has 0 radical (unpaired) electrons. The van der Waals surface area contributed by atoms with Gasteiger partial charge in [-0.15, -0.1) is 0 Å². The molecular weight excluding hydrogens is 256 g/mol. The lowest BCUT2D eigenvalue weighted by molar-refractivity contribution is 0.409. The van der Waals surface area contributed by atoms with Gasteiger partial charge in [0.2, 0.25) is 0 Å². The van der Waals surface area contributed by atoms with Crippen LogP contribution in [0.4, 0.5) is 8.78 Å². The average molecular weight is 273 g/mol. The van der Waals surface area contributed by atoms with Crippen LogP contribution in [0.5, 0.6) is 0 Å². The quantitative estimate of drug-likeness (QED) is 0.900. The van der Waals surface area contributed by atoms with Crippen molar-refractivity contribution in [2.75, 3.05) is 7.05 Å². The highest BCUT2D eigenvalue weighted by molar-refractivity contribution is 5.41. The van der Waals surface area contributed by atoms with Crippen LogP contribution in [0, 0.1) is 11.6 Å². The third kappa shape index (κ3) is 2.22. The lowest BCUT2D eigenvalue weighted by atomic mass is 9.72. The summed E-state index contributed by atoms with van der Waals surface area (Å²) >= 11 is 0. The van der Waals surface area contributed by atoms with Crippen molar-refractivity contribution in [1.29, 1.82) is 0 Å². The average Bonchev–Trinajstić information content (AvgIpc) is 2.42. The highest BCUT2D eigenvalue weighted by Crippen LogP contribution is 2.38. The van der Waals surface area contributed by atoms with Gasteiger partial charge in [0.25, 0.3) is 0 Å². The third-order valence-electron chi connectivity index (χ3n) is 4.24. The Morgan fingerprint density at radius 3 is 2.45 bits per heavy atom. The number of benzene rings is 2. The lowest BCUT2D eigenvalue weighted by Gasteiger charge is -2.36. The monoisotopic (exact) mass is 273 g/mol. The van der Waals surface area contributed by atoms with Crippen LogP contribution in [0.1, 0.15) is 22.6 Å². The van der Waals surface area contributed by atoms with E-state index in [0.29, 0.717) is 12.3 Å². The van der Waals surface area contributed by atoms with Crippen LogP contribution in [-0.2, 0) is 12.8 Å². The van der Waals surface area contributed by atoms with E-state index >= 15 is 0 Å². The molecule has 0 spiro atoms. The van der Waals surface area contributed by atoms with E-state index in [4.69, 9.17) is 0 Å². The number of likely N-dealkylation sites (N-methyl/N-ethyl adjacent to an activating group) is 1. The lowest BCUT2D eigenvalue weighted by Crippen LogP contribution is -2.40. The normalized spacial score (nSPS) is 18.2. The van der Waals surface area contributed by atoms with Crippen molar-refractivity contribution in [2.24, 2.45) is 0 Å². The van der Waals surface area contributed by atoms with Crippen LogP contribution >= 0.6 is 0 Å². The summed E-state index contributed by atoms with van der Waals surface area (Å²) in [6.07, 6.45) is 1.34. The first kappa shape index (κ1) is 13.3. The number of hydrogen-bond donors (Lipinski definition) is 1. The Hall–Kier alpha value is -1.74. The number of fused-ring (bicyclic) bond motifs is 1. The molecule has 2 aromatic rings. The molecule has 0 bridgehead atoms. The summed E-state index contributed by atoms with van der Waals surface area (Å²) in [4.78, 5) is 0. The van der Waals surface area contributed by atoms with Crippen LogP contribution in [0.25, 0.3) is 0 Å². The van der Waals surface area contributed by atoms with Gasteiger partial charge in [0.15, 0.2) is 0 Å². The van der Waals surface area contributed by atoms with E-state index in [0.717, 1.165) is 6.42 Å². The van der Waals surface area contributed by atoms with Gasteiger partial charge in [0.1, 0.15) is 11.6 Å². The molecule has 0 heterocycles. The Morgan fingerprint density at radius 1 is 1.10 bits per heavy atom. The molecular formula is C17H17F2N. The minimum atomic E-state index is -0.460. The van der Waals surface area contributed by atoms with E-state index in [1.54, 1.807) is 0 Å². The molecule has 3 rings (SSSR count). The van der Waals surface area contributed by atoms with Crippen LogP contribution in [0.15, 0.2) is 42.5 Å². The second-order valence-electron chi connectivity index (χ2n) is 5.31. The number of nitrogens with one attached hydrogen (secondary N) is 1. The van der Waals surface area contributed by atoms with Gasteiger partial charge in [-0.3, -0.25) is 0 Å². The standard InChI is InChI=1S/C17H17F2N/c1-20-17(10-14-15(18)7-4-8-16(14)19)13-9-11-5-2-3-6-12(11)13/h2-8,13,17,20H,9-10H2,1H3. The zero-order valence-corrected chi connectivity index (χ0v) is 11.4. The molecule has 0 saturated carbocycles. The molecule has 3 heteroatoms. The van der Waals surface area contributed by atoms with Gasteiger partial charge in [-0.25, -0.2) is 8.78 Å². The molecule has 104 valence electrons. The summed E-state index contributed by atoms with van der Waals surface area (Å²) < 4.78 is 27.5. The number of rotatable bonds is 4. The topological polar surface area (TPSA) is 12.0 Å². The van der Waals surface area contributed by atoms with E-state index < -0.39 is 11.6 Å². The van der Waals surface area contributed by atoms with E-state index in [2.05, 4.69) is 17.4 Å². The molecule has 1 aliphatic rings. The summed E-state index contributed by atoms with van der Waals surface area (Å²) in [5.74, 6) is -0.592. The van der Waals surface area contributed by atoms with E-state index in [-0.39, 0.29) is 11.6 Å². The van der Waals surface area contributed by atoms with Crippen molar-refractivity contribution in [3.63, 3.8) is 0 Å². The van der Waals surface area contributed by atoms with Gasteiger partial charge in [-0.1, -0.05) is 30.3 Å². The second kappa shape index (κ2) is 5.33. The molecule has 20 heavy (non-hydrogen) atoms. The predicted octanol–water partition coefficient (Wildman–Crippen LogP) is 3.44. The molecule has 0 amide bonds. The first-order valence-corrected chi connectivity index (χ1v) is 6.88.